The van der Waals surface area contributed by atoms with Gasteiger partial charge in [-0.15, -0.1) is 0 Å². The average Bonchev–Trinajstić information content (AvgIpc) is 3.36. The topological polar surface area (TPSA) is 128 Å². The van der Waals surface area contributed by atoms with E-state index >= 15 is 0 Å². The lowest BCUT2D eigenvalue weighted by Crippen LogP contribution is -2.41. The Bertz CT molecular complexity index is 1130. The van der Waals surface area contributed by atoms with Crippen molar-refractivity contribution in [2.24, 2.45) is 0 Å². The Morgan fingerprint density at radius 1 is 1.17 bits per heavy atom. The molecule has 3 rings (SSSR count). The van der Waals surface area contributed by atoms with Gasteiger partial charge < -0.3 is 14.8 Å². The number of benzene rings is 2. The van der Waals surface area contributed by atoms with Crippen molar-refractivity contribution in [3.8, 4) is 5.75 Å². The molecule has 0 aromatic heterocycles. The first-order valence-corrected chi connectivity index (χ1v) is 13.0. The number of sulfonamides is 1. The molecule has 1 aliphatic carbocycles. The molecule has 190 valence electrons. The molecule has 0 unspecified atom stereocenters. The van der Waals surface area contributed by atoms with E-state index in [4.69, 9.17) is 9.47 Å². The van der Waals surface area contributed by atoms with Gasteiger partial charge in [-0.2, -0.15) is 0 Å². The number of carbonyl (C=O) groups excluding carboxylic acids is 1. The molecule has 11 heteroatoms. The number of hydrogen-bond donors (Lipinski definition) is 1. The van der Waals surface area contributed by atoms with E-state index in [1.165, 1.54) is 51.1 Å². The van der Waals surface area contributed by atoms with Crippen LogP contribution in [0.4, 0.5) is 11.4 Å². The van der Waals surface area contributed by atoms with Gasteiger partial charge in [0.2, 0.25) is 5.91 Å². The maximum absolute atomic E-state index is 13.5. The molecular formula is C24H31N3O7S. The Morgan fingerprint density at radius 2 is 1.86 bits per heavy atom. The van der Waals surface area contributed by atoms with E-state index in [9.17, 15) is 23.3 Å². The maximum atomic E-state index is 13.5. The number of rotatable bonds is 12. The van der Waals surface area contributed by atoms with Crippen molar-refractivity contribution in [1.82, 2.24) is 5.32 Å². The number of nitro benzene ring substituents is 1. The first kappa shape index (κ1) is 26.4. The van der Waals surface area contributed by atoms with Gasteiger partial charge in [0.25, 0.3) is 15.7 Å². The third kappa shape index (κ3) is 6.92. The van der Waals surface area contributed by atoms with E-state index in [1.54, 1.807) is 12.1 Å². The van der Waals surface area contributed by atoms with Crippen molar-refractivity contribution in [3.05, 3.63) is 58.1 Å². The van der Waals surface area contributed by atoms with Gasteiger partial charge in [0, 0.05) is 24.8 Å². The van der Waals surface area contributed by atoms with Crippen LogP contribution in [0.3, 0.4) is 0 Å². The Morgan fingerprint density at radius 3 is 2.49 bits per heavy atom. The molecule has 1 aliphatic rings. The van der Waals surface area contributed by atoms with Crippen LogP contribution in [0.25, 0.3) is 0 Å². The smallest absolute Gasteiger partial charge is 0.273 e. The second-order valence-electron chi connectivity index (χ2n) is 8.40. The second-order valence-corrected chi connectivity index (χ2v) is 10.3. The summed E-state index contributed by atoms with van der Waals surface area (Å²) in [6.07, 6.45) is 5.40. The van der Waals surface area contributed by atoms with Crippen molar-refractivity contribution < 1.29 is 27.6 Å². The molecule has 0 bridgehead atoms. The molecule has 2 aromatic carbocycles. The van der Waals surface area contributed by atoms with Crippen LogP contribution in [0, 0.1) is 17.0 Å². The van der Waals surface area contributed by atoms with Crippen LogP contribution in [0.15, 0.2) is 47.4 Å². The third-order valence-electron chi connectivity index (χ3n) is 5.91. The van der Waals surface area contributed by atoms with E-state index in [0.717, 1.165) is 23.2 Å². The summed E-state index contributed by atoms with van der Waals surface area (Å²) in [4.78, 5) is 23.1. The van der Waals surface area contributed by atoms with Gasteiger partial charge >= 0.3 is 0 Å². The largest absolute Gasteiger partial charge is 0.497 e. The van der Waals surface area contributed by atoms with Crippen molar-refractivity contribution >= 4 is 27.3 Å². The molecule has 1 N–H and O–H groups in total. The fourth-order valence-electron chi connectivity index (χ4n) is 3.93. The van der Waals surface area contributed by atoms with E-state index in [-0.39, 0.29) is 16.3 Å². The van der Waals surface area contributed by atoms with Crippen molar-refractivity contribution in [2.75, 3.05) is 31.1 Å². The van der Waals surface area contributed by atoms with Crippen LogP contribution in [0.2, 0.25) is 0 Å². The van der Waals surface area contributed by atoms with E-state index in [0.29, 0.717) is 37.0 Å². The van der Waals surface area contributed by atoms with Crippen molar-refractivity contribution in [1.29, 1.82) is 0 Å². The van der Waals surface area contributed by atoms with Crippen LogP contribution >= 0.6 is 0 Å². The van der Waals surface area contributed by atoms with Crippen LogP contribution in [-0.4, -0.2) is 52.2 Å². The lowest BCUT2D eigenvalue weighted by atomic mass is 10.2. The molecule has 1 saturated carbocycles. The number of nitrogens with zero attached hydrogens (tertiary/aromatic N) is 2. The molecule has 0 spiro atoms. The minimum absolute atomic E-state index is 0.230. The van der Waals surface area contributed by atoms with Gasteiger partial charge in [0.1, 0.15) is 12.3 Å². The highest BCUT2D eigenvalue weighted by atomic mass is 32.2. The van der Waals surface area contributed by atoms with E-state index in [1.807, 2.05) is 0 Å². The molecule has 10 nitrogen and oxygen atoms in total. The number of nitrogens with one attached hydrogen (secondary N) is 1. The molecule has 0 saturated heterocycles. The summed E-state index contributed by atoms with van der Waals surface area (Å²) >= 11 is 0. The van der Waals surface area contributed by atoms with Crippen molar-refractivity contribution in [3.63, 3.8) is 0 Å². The number of hydrogen-bond acceptors (Lipinski definition) is 7. The maximum Gasteiger partial charge on any atom is 0.273 e. The average molecular weight is 506 g/mol. The van der Waals surface area contributed by atoms with Gasteiger partial charge in [-0.05, 0) is 56.5 Å². The highest BCUT2D eigenvalue weighted by Crippen LogP contribution is 2.29. The summed E-state index contributed by atoms with van der Waals surface area (Å²) in [5.41, 5.74) is 0.253. The number of nitro groups is 1. The molecule has 0 heterocycles. The molecular weight excluding hydrogens is 474 g/mol. The fraction of sp³-hybridized carbons (Fsp3) is 0.458. The minimum atomic E-state index is -4.29. The van der Waals surface area contributed by atoms with Gasteiger partial charge in [-0.3, -0.25) is 19.2 Å². The summed E-state index contributed by atoms with van der Waals surface area (Å²) in [7, 11) is -2.80. The highest BCUT2D eigenvalue weighted by molar-refractivity contribution is 7.92. The van der Waals surface area contributed by atoms with Gasteiger partial charge in [-0.1, -0.05) is 18.9 Å². The second kappa shape index (κ2) is 12.0. The van der Waals surface area contributed by atoms with Crippen LogP contribution in [-0.2, 0) is 19.6 Å². The Kier molecular flexibility index (Phi) is 9.05. The van der Waals surface area contributed by atoms with Gasteiger partial charge in [0.05, 0.1) is 28.7 Å². The summed E-state index contributed by atoms with van der Waals surface area (Å²) in [6.45, 7) is 1.91. The summed E-state index contributed by atoms with van der Waals surface area (Å²) in [5, 5.41) is 14.1. The van der Waals surface area contributed by atoms with Gasteiger partial charge in [-0.25, -0.2) is 8.42 Å². The zero-order valence-electron chi connectivity index (χ0n) is 19.9. The SMILES string of the molecule is COc1ccc(N(CC(=O)NCCCOC2CCCC2)S(=O)(=O)c2ccc(C)c([N+](=O)[O-])c2)cc1. The summed E-state index contributed by atoms with van der Waals surface area (Å²) in [6, 6.07) is 9.87. The first-order chi connectivity index (χ1) is 16.7. The van der Waals surface area contributed by atoms with Crippen LogP contribution in [0.1, 0.15) is 37.7 Å². The number of methoxy groups -OCH3 is 1. The molecule has 0 aliphatic heterocycles. The number of anilines is 1. The zero-order valence-corrected chi connectivity index (χ0v) is 20.8. The quantitative estimate of drug-likeness (QED) is 0.265. The molecule has 1 fully saturated rings. The molecule has 35 heavy (non-hydrogen) atoms. The molecule has 1 amide bonds. The minimum Gasteiger partial charge on any atom is -0.497 e. The first-order valence-electron chi connectivity index (χ1n) is 11.5. The lowest BCUT2D eigenvalue weighted by molar-refractivity contribution is -0.385. The summed E-state index contributed by atoms with van der Waals surface area (Å²) < 4.78 is 38.9. The predicted molar refractivity (Wildman–Crippen MR) is 131 cm³/mol. The fourth-order valence-corrected chi connectivity index (χ4v) is 5.37. The van der Waals surface area contributed by atoms with E-state index < -0.39 is 27.4 Å². The number of carbonyl (C=O) groups is 1. The van der Waals surface area contributed by atoms with Crippen LogP contribution in [0.5, 0.6) is 5.75 Å². The van der Waals surface area contributed by atoms with Gasteiger partial charge in [0.15, 0.2) is 0 Å². The third-order valence-corrected chi connectivity index (χ3v) is 7.68. The zero-order chi connectivity index (χ0) is 25.4. The van der Waals surface area contributed by atoms with Crippen LogP contribution < -0.4 is 14.4 Å². The summed E-state index contributed by atoms with van der Waals surface area (Å²) in [5.74, 6) is 0.0238. The Labute approximate surface area is 205 Å². The molecule has 2 aromatic rings. The monoisotopic (exact) mass is 505 g/mol. The Hall–Kier alpha value is -3.18. The molecule has 0 atom stereocenters. The Balaban J connectivity index is 1.75. The number of amides is 1. The number of aryl methyl sites for hydroxylation is 1. The highest BCUT2D eigenvalue weighted by Gasteiger charge is 2.29. The standard InChI is InChI=1S/C24H31N3O7S/c1-18-8-13-22(16-23(18)27(29)30)35(31,32)26(19-9-11-20(33-2)12-10-19)17-24(28)25-14-5-15-34-21-6-3-4-7-21/h8-13,16,21H,3-7,14-15,17H2,1-2H3,(H,25,28). The van der Waals surface area contributed by atoms with E-state index in [2.05, 4.69) is 5.32 Å². The molecule has 0 radical (unpaired) electrons. The predicted octanol–water partition coefficient (Wildman–Crippen LogP) is 3.57. The normalized spacial score (nSPS) is 14.0. The van der Waals surface area contributed by atoms with Crippen molar-refractivity contribution in [2.45, 2.75) is 50.0 Å². The number of ether oxygens (including phenoxy) is 2. The lowest BCUT2D eigenvalue weighted by Gasteiger charge is -2.24.